The van der Waals surface area contributed by atoms with Crippen LogP contribution in [0.5, 0.6) is 0 Å². The van der Waals surface area contributed by atoms with E-state index in [1.807, 2.05) is 30.3 Å². The number of nitrogens with zero attached hydrogens (tertiary/aromatic N) is 2. The van der Waals surface area contributed by atoms with Crippen molar-refractivity contribution in [3.63, 3.8) is 0 Å². The molecular formula is C24H28N2O2. The van der Waals surface area contributed by atoms with Crippen LogP contribution in [0.15, 0.2) is 54.6 Å². The lowest BCUT2D eigenvalue weighted by atomic mass is 9.75. The second-order valence-corrected chi connectivity index (χ2v) is 8.11. The van der Waals surface area contributed by atoms with E-state index in [2.05, 4.69) is 36.1 Å². The molecule has 4 rings (SSSR count). The van der Waals surface area contributed by atoms with Crippen LogP contribution in [0.2, 0.25) is 0 Å². The minimum atomic E-state index is -0.190. The molecular weight excluding hydrogens is 348 g/mol. The molecule has 0 saturated carbocycles. The summed E-state index contributed by atoms with van der Waals surface area (Å²) in [6.45, 7) is 3.90. The maximum absolute atomic E-state index is 10.4. The highest BCUT2D eigenvalue weighted by molar-refractivity contribution is 5.81. The number of para-hydroxylation sites is 1. The maximum atomic E-state index is 10.4. The summed E-state index contributed by atoms with van der Waals surface area (Å²) in [5.74, 6) is 0.850. The Morgan fingerprint density at radius 1 is 1.04 bits per heavy atom. The van der Waals surface area contributed by atoms with E-state index in [0.717, 1.165) is 54.6 Å². The van der Waals surface area contributed by atoms with E-state index in [1.165, 1.54) is 11.1 Å². The number of fused-ring (bicyclic) bond motifs is 1. The van der Waals surface area contributed by atoms with Crippen molar-refractivity contribution in [1.29, 1.82) is 0 Å². The second-order valence-electron chi connectivity index (χ2n) is 8.11. The Morgan fingerprint density at radius 2 is 1.82 bits per heavy atom. The van der Waals surface area contributed by atoms with Gasteiger partial charge in [0, 0.05) is 29.5 Å². The Bertz CT molecular complexity index is 972. The van der Waals surface area contributed by atoms with Crippen LogP contribution in [0.25, 0.3) is 10.9 Å². The molecule has 0 radical (unpaired) electrons. The summed E-state index contributed by atoms with van der Waals surface area (Å²) in [6.07, 6.45) is 2.86. The van der Waals surface area contributed by atoms with Gasteiger partial charge in [0.25, 0.3) is 0 Å². The summed E-state index contributed by atoms with van der Waals surface area (Å²) in [4.78, 5) is 7.14. The van der Waals surface area contributed by atoms with Crippen LogP contribution in [0, 0.1) is 12.3 Å². The smallest absolute Gasteiger partial charge is 0.134 e. The van der Waals surface area contributed by atoms with Crippen molar-refractivity contribution in [2.24, 2.45) is 5.41 Å². The monoisotopic (exact) mass is 376 g/mol. The highest BCUT2D eigenvalue weighted by Gasteiger charge is 2.36. The first-order valence-electron chi connectivity index (χ1n) is 10.0. The molecule has 0 amide bonds. The SMILES string of the molecule is Cc1ccccc1C[C@@]1(CO)CCCN(c2nc3ccccc3cc2CO)C1. The van der Waals surface area contributed by atoms with E-state index in [9.17, 15) is 10.2 Å². The first-order chi connectivity index (χ1) is 13.6. The molecule has 1 aromatic heterocycles. The predicted octanol–water partition coefficient (Wildman–Crippen LogP) is 3.86. The van der Waals surface area contributed by atoms with Crippen LogP contribution < -0.4 is 4.90 Å². The molecule has 4 nitrogen and oxygen atoms in total. The minimum Gasteiger partial charge on any atom is -0.396 e. The standard InChI is InChI=1S/C24H28N2O2/c1-18-7-2-3-9-20(18)14-24(17-28)11-6-12-26(16-24)23-21(15-27)13-19-8-4-5-10-22(19)25-23/h2-5,7-10,13,27-28H,6,11-12,14-17H2,1H3/t24-/m0/s1. The summed E-state index contributed by atoms with van der Waals surface area (Å²) in [6, 6.07) is 18.5. The summed E-state index contributed by atoms with van der Waals surface area (Å²) >= 11 is 0. The molecule has 1 saturated heterocycles. The molecule has 0 bridgehead atoms. The number of rotatable bonds is 5. The lowest BCUT2D eigenvalue weighted by Crippen LogP contribution is -2.47. The third kappa shape index (κ3) is 3.62. The molecule has 3 aromatic rings. The number of hydrogen-bond acceptors (Lipinski definition) is 4. The Balaban J connectivity index is 1.67. The average molecular weight is 377 g/mol. The third-order valence-corrected chi connectivity index (χ3v) is 6.07. The summed E-state index contributed by atoms with van der Waals surface area (Å²) < 4.78 is 0. The van der Waals surface area contributed by atoms with Gasteiger partial charge >= 0.3 is 0 Å². The topological polar surface area (TPSA) is 56.6 Å². The van der Waals surface area contributed by atoms with Crippen LogP contribution in [0.3, 0.4) is 0 Å². The van der Waals surface area contributed by atoms with Crippen LogP contribution in [0.4, 0.5) is 5.82 Å². The van der Waals surface area contributed by atoms with E-state index in [1.54, 1.807) is 0 Å². The zero-order valence-electron chi connectivity index (χ0n) is 16.4. The van der Waals surface area contributed by atoms with Gasteiger partial charge in [-0.1, -0.05) is 42.5 Å². The summed E-state index contributed by atoms with van der Waals surface area (Å²) in [5.41, 5.74) is 4.17. The Morgan fingerprint density at radius 3 is 2.61 bits per heavy atom. The molecule has 0 unspecified atom stereocenters. The lowest BCUT2D eigenvalue weighted by Gasteiger charge is -2.43. The van der Waals surface area contributed by atoms with Gasteiger partial charge in [0.15, 0.2) is 0 Å². The predicted molar refractivity (Wildman–Crippen MR) is 114 cm³/mol. The molecule has 146 valence electrons. The number of piperidine rings is 1. The van der Waals surface area contributed by atoms with Gasteiger partial charge in [0.05, 0.1) is 18.7 Å². The van der Waals surface area contributed by atoms with Crippen molar-refractivity contribution in [3.8, 4) is 0 Å². The Hall–Kier alpha value is -2.43. The zero-order valence-corrected chi connectivity index (χ0v) is 16.4. The van der Waals surface area contributed by atoms with Crippen LogP contribution >= 0.6 is 0 Å². The van der Waals surface area contributed by atoms with E-state index in [0.29, 0.717) is 0 Å². The van der Waals surface area contributed by atoms with Gasteiger partial charge in [-0.25, -0.2) is 4.98 Å². The fourth-order valence-electron chi connectivity index (χ4n) is 4.47. The lowest BCUT2D eigenvalue weighted by molar-refractivity contribution is 0.105. The normalized spacial score (nSPS) is 19.9. The third-order valence-electron chi connectivity index (χ3n) is 6.07. The zero-order chi connectivity index (χ0) is 19.6. The molecule has 2 aromatic carbocycles. The Labute approximate surface area is 166 Å². The van der Waals surface area contributed by atoms with E-state index in [4.69, 9.17) is 4.98 Å². The molecule has 2 N–H and O–H groups in total. The number of pyridine rings is 1. The largest absolute Gasteiger partial charge is 0.396 e. The molecule has 2 heterocycles. The van der Waals surface area contributed by atoms with Crippen LogP contribution in [-0.4, -0.2) is 34.9 Å². The number of aliphatic hydroxyl groups is 2. The van der Waals surface area contributed by atoms with Gasteiger partial charge in [-0.15, -0.1) is 0 Å². The maximum Gasteiger partial charge on any atom is 0.134 e. The average Bonchev–Trinajstić information content (AvgIpc) is 2.74. The van der Waals surface area contributed by atoms with Crippen molar-refractivity contribution in [3.05, 3.63) is 71.3 Å². The van der Waals surface area contributed by atoms with Crippen molar-refractivity contribution >= 4 is 16.7 Å². The van der Waals surface area contributed by atoms with E-state index >= 15 is 0 Å². The van der Waals surface area contributed by atoms with Crippen LogP contribution in [0.1, 0.15) is 29.5 Å². The summed E-state index contributed by atoms with van der Waals surface area (Å²) in [5, 5.41) is 21.4. The Kier molecular flexibility index (Phi) is 5.33. The molecule has 28 heavy (non-hydrogen) atoms. The number of hydrogen-bond donors (Lipinski definition) is 2. The minimum absolute atomic E-state index is 0.0341. The van der Waals surface area contributed by atoms with E-state index < -0.39 is 0 Å². The van der Waals surface area contributed by atoms with Gasteiger partial charge in [-0.05, 0) is 49.4 Å². The number of aromatic nitrogens is 1. The number of aliphatic hydroxyl groups excluding tert-OH is 2. The fourth-order valence-corrected chi connectivity index (χ4v) is 4.47. The molecule has 4 heteroatoms. The van der Waals surface area contributed by atoms with Crippen molar-refractivity contribution in [1.82, 2.24) is 4.98 Å². The van der Waals surface area contributed by atoms with Gasteiger partial charge in [-0.2, -0.15) is 0 Å². The first kappa shape index (κ1) is 18.9. The van der Waals surface area contributed by atoms with Gasteiger partial charge < -0.3 is 15.1 Å². The molecule has 0 aliphatic carbocycles. The summed E-state index contributed by atoms with van der Waals surface area (Å²) in [7, 11) is 0. The highest BCUT2D eigenvalue weighted by Crippen LogP contribution is 2.37. The second kappa shape index (κ2) is 7.90. The molecule has 1 aliphatic heterocycles. The van der Waals surface area contributed by atoms with Gasteiger partial charge in [0.2, 0.25) is 0 Å². The van der Waals surface area contributed by atoms with Gasteiger partial charge in [-0.3, -0.25) is 0 Å². The number of anilines is 1. The highest BCUT2D eigenvalue weighted by atomic mass is 16.3. The molecule has 1 aliphatic rings. The fraction of sp³-hybridized carbons (Fsp3) is 0.375. The molecule has 1 fully saturated rings. The quantitative estimate of drug-likeness (QED) is 0.710. The van der Waals surface area contributed by atoms with Crippen molar-refractivity contribution < 1.29 is 10.2 Å². The molecule has 1 atom stereocenters. The molecule has 0 spiro atoms. The number of aryl methyl sites for hydroxylation is 1. The van der Waals surface area contributed by atoms with Crippen LogP contribution in [-0.2, 0) is 13.0 Å². The first-order valence-corrected chi connectivity index (χ1v) is 10.0. The number of benzene rings is 2. The van der Waals surface area contributed by atoms with E-state index in [-0.39, 0.29) is 18.6 Å². The van der Waals surface area contributed by atoms with Crippen molar-refractivity contribution in [2.75, 3.05) is 24.6 Å². The van der Waals surface area contributed by atoms with Gasteiger partial charge in [0.1, 0.15) is 5.82 Å². The van der Waals surface area contributed by atoms with Crippen molar-refractivity contribution in [2.45, 2.75) is 32.8 Å².